The van der Waals surface area contributed by atoms with E-state index in [9.17, 15) is 18.4 Å². The van der Waals surface area contributed by atoms with Gasteiger partial charge in [-0.3, -0.25) is 14.5 Å². The number of rotatable bonds is 8. The van der Waals surface area contributed by atoms with Crippen molar-refractivity contribution in [3.8, 4) is 11.8 Å². The van der Waals surface area contributed by atoms with Crippen LogP contribution in [0.1, 0.15) is 52.9 Å². The van der Waals surface area contributed by atoms with E-state index in [-0.39, 0.29) is 43.7 Å². The molecule has 6 nitrogen and oxygen atoms in total. The first-order chi connectivity index (χ1) is 15.7. The van der Waals surface area contributed by atoms with Gasteiger partial charge in [-0.15, -0.1) is 0 Å². The van der Waals surface area contributed by atoms with Crippen LogP contribution in [0.5, 0.6) is 5.75 Å². The highest BCUT2D eigenvalue weighted by Crippen LogP contribution is 2.48. The summed E-state index contributed by atoms with van der Waals surface area (Å²) in [6, 6.07) is 14.6. The van der Waals surface area contributed by atoms with E-state index in [1.807, 2.05) is 48.2 Å². The molecule has 1 unspecified atom stereocenters. The Labute approximate surface area is 191 Å². The third-order valence-electron chi connectivity index (χ3n) is 6.05. The summed E-state index contributed by atoms with van der Waals surface area (Å²) in [6.07, 6.45) is -0.307. The van der Waals surface area contributed by atoms with Crippen molar-refractivity contribution in [3.63, 3.8) is 0 Å². The van der Waals surface area contributed by atoms with Gasteiger partial charge in [0.15, 0.2) is 5.78 Å². The van der Waals surface area contributed by atoms with Crippen LogP contribution < -0.4 is 10.1 Å². The molecule has 2 aromatic carbocycles. The smallest absolute Gasteiger partial charge is 0.255 e. The summed E-state index contributed by atoms with van der Waals surface area (Å²) in [5.74, 6) is -3.23. The lowest BCUT2D eigenvalue weighted by Gasteiger charge is -2.28. The molecule has 1 saturated carbocycles. The van der Waals surface area contributed by atoms with Gasteiger partial charge in [0.25, 0.3) is 5.92 Å². The van der Waals surface area contributed by atoms with E-state index in [0.717, 1.165) is 16.7 Å². The Hall–Kier alpha value is -3.31. The van der Waals surface area contributed by atoms with Gasteiger partial charge in [-0.05, 0) is 35.7 Å². The fourth-order valence-electron chi connectivity index (χ4n) is 4.00. The van der Waals surface area contributed by atoms with Gasteiger partial charge in [-0.1, -0.05) is 30.3 Å². The van der Waals surface area contributed by atoms with Crippen molar-refractivity contribution in [1.29, 1.82) is 5.26 Å². The molecule has 33 heavy (non-hydrogen) atoms. The number of halogens is 2. The number of amides is 1. The molecule has 172 valence electrons. The molecule has 8 heteroatoms. The molecule has 0 radical (unpaired) electrons. The molecular formula is C25H25F2N3O3. The number of nitrogens with one attached hydrogen (secondary N) is 1. The van der Waals surface area contributed by atoms with E-state index >= 15 is 0 Å². The van der Waals surface area contributed by atoms with E-state index in [2.05, 4.69) is 5.32 Å². The molecule has 1 N–H and O–H groups in total. The molecule has 0 aromatic heterocycles. The maximum absolute atomic E-state index is 13.0. The van der Waals surface area contributed by atoms with Crippen LogP contribution in [0.25, 0.3) is 0 Å². The third-order valence-corrected chi connectivity index (χ3v) is 6.05. The summed E-state index contributed by atoms with van der Waals surface area (Å²) in [6.45, 7) is 3.28. The first kappa shape index (κ1) is 22.9. The van der Waals surface area contributed by atoms with Gasteiger partial charge in [-0.2, -0.15) is 5.26 Å². The first-order valence-electron chi connectivity index (χ1n) is 10.9. The Kier molecular flexibility index (Phi) is 6.43. The zero-order valence-corrected chi connectivity index (χ0v) is 18.3. The lowest BCUT2D eigenvalue weighted by Crippen LogP contribution is -2.34. The van der Waals surface area contributed by atoms with E-state index in [1.165, 1.54) is 0 Å². The molecule has 2 aromatic rings. The molecule has 0 bridgehead atoms. The maximum atomic E-state index is 13.0. The highest BCUT2D eigenvalue weighted by atomic mass is 19.3. The second-order valence-corrected chi connectivity index (χ2v) is 8.73. The van der Waals surface area contributed by atoms with Crippen LogP contribution in [0.4, 0.5) is 8.78 Å². The average molecular weight is 453 g/mol. The third kappa shape index (κ3) is 5.55. The quantitative estimate of drug-likeness (QED) is 0.653. The molecule has 1 aliphatic heterocycles. The Morgan fingerprint density at radius 3 is 2.67 bits per heavy atom. The number of ether oxygens (including phenoxy) is 1. The molecule has 4 rings (SSSR count). The lowest BCUT2D eigenvalue weighted by molar-refractivity contribution is -0.120. The Bertz CT molecular complexity index is 1100. The largest absolute Gasteiger partial charge is 0.493 e. The summed E-state index contributed by atoms with van der Waals surface area (Å²) in [5, 5.41) is 11.4. The van der Waals surface area contributed by atoms with E-state index in [4.69, 9.17) is 10.00 Å². The normalized spacial score (nSPS) is 19.8. The van der Waals surface area contributed by atoms with Crippen molar-refractivity contribution in [2.24, 2.45) is 5.92 Å². The number of hydrogen-bond donors (Lipinski definition) is 1. The highest BCUT2D eigenvalue weighted by Gasteiger charge is 2.57. The number of hydrogen-bond acceptors (Lipinski definition) is 5. The Morgan fingerprint density at radius 1 is 1.27 bits per heavy atom. The first-order valence-corrected chi connectivity index (χ1v) is 10.9. The minimum Gasteiger partial charge on any atom is -0.493 e. The molecule has 0 saturated heterocycles. The Balaban J connectivity index is 1.34. The zero-order valence-electron chi connectivity index (χ0n) is 18.3. The van der Waals surface area contributed by atoms with Crippen LogP contribution in [0.15, 0.2) is 42.5 Å². The van der Waals surface area contributed by atoms with Gasteiger partial charge in [0, 0.05) is 25.1 Å². The van der Waals surface area contributed by atoms with E-state index in [0.29, 0.717) is 24.4 Å². The van der Waals surface area contributed by atoms with Crippen LogP contribution in [0.2, 0.25) is 0 Å². The van der Waals surface area contributed by atoms with Crippen LogP contribution in [0.3, 0.4) is 0 Å². The van der Waals surface area contributed by atoms with Gasteiger partial charge in [0.05, 0.1) is 31.2 Å². The fraction of sp³-hybridized carbons (Fsp3) is 0.400. The fourth-order valence-corrected chi connectivity index (χ4v) is 4.00. The SMILES string of the molecule is C[C@H](NC(=O)CC#N)c1ccc(CN2CC(=O)c3cc(OCC4CC4(F)F)ccc3C2)cc1. The number of carbonyl (C=O) groups excluding carboxylic acids is 2. The van der Waals surface area contributed by atoms with E-state index in [1.54, 1.807) is 12.1 Å². The van der Waals surface area contributed by atoms with Crippen molar-refractivity contribution in [2.75, 3.05) is 13.2 Å². The second-order valence-electron chi connectivity index (χ2n) is 8.73. The molecule has 2 aliphatic rings. The molecule has 1 heterocycles. The van der Waals surface area contributed by atoms with Crippen LogP contribution in [-0.4, -0.2) is 35.7 Å². The zero-order chi connectivity index (χ0) is 23.6. The van der Waals surface area contributed by atoms with Gasteiger partial charge >= 0.3 is 0 Å². The number of benzene rings is 2. The van der Waals surface area contributed by atoms with Gasteiger partial charge in [-0.25, -0.2) is 8.78 Å². The summed E-state index contributed by atoms with van der Waals surface area (Å²) in [7, 11) is 0. The van der Waals surface area contributed by atoms with Crippen LogP contribution in [-0.2, 0) is 17.9 Å². The number of alkyl halides is 2. The number of carbonyl (C=O) groups is 2. The predicted octanol–water partition coefficient (Wildman–Crippen LogP) is 4.01. The average Bonchev–Trinajstić information content (AvgIpc) is 3.39. The molecule has 2 atom stereocenters. The maximum Gasteiger partial charge on any atom is 0.255 e. The van der Waals surface area contributed by atoms with Gasteiger partial charge in [0.1, 0.15) is 12.2 Å². The van der Waals surface area contributed by atoms with Crippen molar-refractivity contribution >= 4 is 11.7 Å². The number of Topliss-reactive ketones (excluding diaryl/α,β-unsaturated/α-hetero) is 1. The van der Waals surface area contributed by atoms with E-state index < -0.39 is 11.8 Å². The summed E-state index contributed by atoms with van der Waals surface area (Å²) < 4.78 is 31.5. The minimum atomic E-state index is -2.62. The molecule has 1 amide bonds. The highest BCUT2D eigenvalue weighted by molar-refractivity contribution is 6.00. The topological polar surface area (TPSA) is 82.4 Å². The Morgan fingerprint density at radius 2 is 2.00 bits per heavy atom. The monoisotopic (exact) mass is 453 g/mol. The summed E-state index contributed by atoms with van der Waals surface area (Å²) >= 11 is 0. The molecule has 1 fully saturated rings. The predicted molar refractivity (Wildman–Crippen MR) is 117 cm³/mol. The van der Waals surface area contributed by atoms with Crippen molar-refractivity contribution in [2.45, 2.75) is 44.8 Å². The van der Waals surface area contributed by atoms with Gasteiger partial charge in [0.2, 0.25) is 5.91 Å². The minimum absolute atomic E-state index is 0.0242. The molecule has 0 spiro atoms. The number of nitrogens with zero attached hydrogens (tertiary/aromatic N) is 2. The number of ketones is 1. The van der Waals surface area contributed by atoms with Crippen LogP contribution >= 0.6 is 0 Å². The number of fused-ring (bicyclic) bond motifs is 1. The van der Waals surface area contributed by atoms with Gasteiger partial charge < -0.3 is 10.1 Å². The molecule has 1 aliphatic carbocycles. The lowest BCUT2D eigenvalue weighted by atomic mass is 9.97. The van der Waals surface area contributed by atoms with Crippen molar-refractivity contribution in [1.82, 2.24) is 10.2 Å². The summed E-state index contributed by atoms with van der Waals surface area (Å²) in [5.41, 5.74) is 3.45. The number of nitriles is 1. The van der Waals surface area contributed by atoms with Crippen molar-refractivity contribution < 1.29 is 23.1 Å². The second kappa shape index (κ2) is 9.28. The molecular weight excluding hydrogens is 428 g/mol. The standard InChI is InChI=1S/C25H25F2N3O3/c1-16(29-24(32)8-9-28)18-4-2-17(3-5-18)12-30-13-19-6-7-21(10-22(19)23(31)14-30)33-15-20-11-25(20,26)27/h2-7,10,16,20H,8,11-15H2,1H3,(H,29,32)/t16-,20?/m0/s1. The van der Waals surface area contributed by atoms with Crippen LogP contribution in [0, 0.1) is 17.2 Å². The summed E-state index contributed by atoms with van der Waals surface area (Å²) in [4.78, 5) is 26.3. The van der Waals surface area contributed by atoms with Crippen molar-refractivity contribution in [3.05, 3.63) is 64.7 Å².